The molecule has 1 N–H and O–H groups in total. The number of hydrogen-bond donors (Lipinski definition) is 1. The number of benzene rings is 2. The van der Waals surface area contributed by atoms with Crippen molar-refractivity contribution in [1.29, 1.82) is 0 Å². The van der Waals surface area contributed by atoms with E-state index < -0.39 is 23.7 Å². The number of ether oxygens (including phenoxy) is 1. The third-order valence-electron chi connectivity index (χ3n) is 4.15. The molecule has 1 aliphatic rings. The second-order valence-corrected chi connectivity index (χ2v) is 6.46. The number of carbonyl (C=O) groups is 3. The van der Waals surface area contributed by atoms with E-state index in [1.165, 1.54) is 24.3 Å². The lowest BCUT2D eigenvalue weighted by molar-refractivity contribution is -0.129. The van der Waals surface area contributed by atoms with E-state index in [2.05, 4.69) is 11.9 Å². The second kappa shape index (κ2) is 8.70. The fourth-order valence-corrected chi connectivity index (χ4v) is 2.91. The number of amides is 4. The van der Waals surface area contributed by atoms with Gasteiger partial charge in [-0.25, -0.2) is 9.18 Å². The van der Waals surface area contributed by atoms with E-state index in [1.54, 1.807) is 30.3 Å². The van der Waals surface area contributed by atoms with Gasteiger partial charge in [-0.05, 0) is 24.3 Å². The number of barbiturate groups is 1. The highest BCUT2D eigenvalue weighted by Crippen LogP contribution is 2.26. The van der Waals surface area contributed by atoms with Crippen LogP contribution in [-0.2, 0) is 16.2 Å². The maximum absolute atomic E-state index is 14.0. The van der Waals surface area contributed by atoms with Crippen LogP contribution in [0.25, 0.3) is 6.08 Å². The van der Waals surface area contributed by atoms with E-state index in [9.17, 15) is 18.8 Å². The van der Waals surface area contributed by atoms with Crippen molar-refractivity contribution < 1.29 is 23.5 Å². The molecule has 3 rings (SSSR count). The first-order chi connectivity index (χ1) is 13.9. The zero-order valence-electron chi connectivity index (χ0n) is 15.2. The molecule has 0 saturated carbocycles. The maximum atomic E-state index is 14.0. The van der Waals surface area contributed by atoms with Gasteiger partial charge < -0.3 is 4.74 Å². The third kappa shape index (κ3) is 4.35. The molecule has 0 unspecified atom stereocenters. The summed E-state index contributed by atoms with van der Waals surface area (Å²) >= 11 is 6.01. The SMILES string of the molecule is C=CCN1C(=O)NC(=O)/C(=C/c2ccccc2OCc2c(F)cccc2Cl)C1=O. The van der Waals surface area contributed by atoms with Crippen LogP contribution in [0, 0.1) is 5.82 Å². The molecule has 2 aromatic carbocycles. The van der Waals surface area contributed by atoms with Crippen molar-refractivity contribution in [2.75, 3.05) is 6.54 Å². The smallest absolute Gasteiger partial charge is 0.331 e. The molecular weight excluding hydrogens is 399 g/mol. The summed E-state index contributed by atoms with van der Waals surface area (Å²) in [6.07, 6.45) is 2.69. The Morgan fingerprint density at radius 3 is 2.62 bits per heavy atom. The average Bonchev–Trinajstić information content (AvgIpc) is 2.69. The number of halogens is 2. The van der Waals surface area contributed by atoms with Crippen molar-refractivity contribution in [3.05, 3.63) is 82.7 Å². The van der Waals surface area contributed by atoms with Crippen molar-refractivity contribution in [3.63, 3.8) is 0 Å². The minimum absolute atomic E-state index is 0.0424. The summed E-state index contributed by atoms with van der Waals surface area (Å²) < 4.78 is 19.6. The minimum Gasteiger partial charge on any atom is -0.488 e. The van der Waals surface area contributed by atoms with Crippen LogP contribution < -0.4 is 10.1 Å². The van der Waals surface area contributed by atoms with Crippen molar-refractivity contribution in [2.24, 2.45) is 0 Å². The van der Waals surface area contributed by atoms with Gasteiger partial charge in [-0.1, -0.05) is 41.9 Å². The molecule has 148 valence electrons. The van der Waals surface area contributed by atoms with Gasteiger partial charge in [0.25, 0.3) is 11.8 Å². The summed E-state index contributed by atoms with van der Waals surface area (Å²) in [4.78, 5) is 37.4. The highest BCUT2D eigenvalue weighted by Gasteiger charge is 2.35. The number of para-hydroxylation sites is 1. The van der Waals surface area contributed by atoms with Crippen LogP contribution in [0.4, 0.5) is 9.18 Å². The number of rotatable bonds is 6. The van der Waals surface area contributed by atoms with E-state index in [-0.39, 0.29) is 29.3 Å². The van der Waals surface area contributed by atoms with Gasteiger partial charge in [0.15, 0.2) is 0 Å². The topological polar surface area (TPSA) is 75.7 Å². The highest BCUT2D eigenvalue weighted by atomic mass is 35.5. The molecule has 0 radical (unpaired) electrons. The van der Waals surface area contributed by atoms with E-state index in [0.717, 1.165) is 4.90 Å². The molecule has 6 nitrogen and oxygen atoms in total. The zero-order valence-corrected chi connectivity index (χ0v) is 15.9. The lowest BCUT2D eigenvalue weighted by Crippen LogP contribution is -2.54. The Morgan fingerprint density at radius 2 is 1.90 bits per heavy atom. The molecule has 4 amide bonds. The number of nitrogens with one attached hydrogen (secondary N) is 1. The van der Waals surface area contributed by atoms with Crippen LogP contribution in [0.3, 0.4) is 0 Å². The molecule has 0 aromatic heterocycles. The van der Waals surface area contributed by atoms with E-state index >= 15 is 0 Å². The average molecular weight is 415 g/mol. The summed E-state index contributed by atoms with van der Waals surface area (Å²) in [7, 11) is 0. The molecule has 0 bridgehead atoms. The number of urea groups is 1. The predicted octanol–water partition coefficient (Wildman–Crippen LogP) is 3.71. The Kier molecular flexibility index (Phi) is 6.09. The summed E-state index contributed by atoms with van der Waals surface area (Å²) in [5.41, 5.74) is 0.364. The molecular formula is C21H16ClFN2O4. The van der Waals surface area contributed by atoms with Crippen LogP contribution in [0.1, 0.15) is 11.1 Å². The van der Waals surface area contributed by atoms with Gasteiger partial charge >= 0.3 is 6.03 Å². The Labute approximate surface area is 171 Å². The largest absolute Gasteiger partial charge is 0.488 e. The van der Waals surface area contributed by atoms with Crippen molar-refractivity contribution in [3.8, 4) is 5.75 Å². The second-order valence-electron chi connectivity index (χ2n) is 6.05. The summed E-state index contributed by atoms with van der Waals surface area (Å²) in [5.74, 6) is -1.75. The van der Waals surface area contributed by atoms with Crippen molar-refractivity contribution in [1.82, 2.24) is 10.2 Å². The Morgan fingerprint density at radius 1 is 1.14 bits per heavy atom. The van der Waals surface area contributed by atoms with Crippen LogP contribution in [-0.4, -0.2) is 29.3 Å². The van der Waals surface area contributed by atoms with Crippen LogP contribution in [0.2, 0.25) is 5.02 Å². The first-order valence-electron chi connectivity index (χ1n) is 8.57. The molecule has 29 heavy (non-hydrogen) atoms. The third-order valence-corrected chi connectivity index (χ3v) is 4.50. The van der Waals surface area contributed by atoms with Crippen LogP contribution in [0.15, 0.2) is 60.7 Å². The molecule has 1 aliphatic heterocycles. The first kappa shape index (κ1) is 20.3. The zero-order chi connectivity index (χ0) is 21.0. The first-order valence-corrected chi connectivity index (χ1v) is 8.94. The summed E-state index contributed by atoms with van der Waals surface area (Å²) in [6.45, 7) is 3.31. The Balaban J connectivity index is 1.90. The molecule has 1 heterocycles. The summed E-state index contributed by atoms with van der Waals surface area (Å²) in [5, 5.41) is 2.33. The van der Waals surface area contributed by atoms with Gasteiger partial charge in [-0.15, -0.1) is 6.58 Å². The van der Waals surface area contributed by atoms with Crippen molar-refractivity contribution in [2.45, 2.75) is 6.61 Å². The molecule has 8 heteroatoms. The van der Waals surface area contributed by atoms with Crippen LogP contribution in [0.5, 0.6) is 5.75 Å². The molecule has 1 fully saturated rings. The number of hydrogen-bond acceptors (Lipinski definition) is 4. The van der Waals surface area contributed by atoms with Gasteiger partial charge in [0.2, 0.25) is 0 Å². The molecule has 0 atom stereocenters. The minimum atomic E-state index is -0.813. The van der Waals surface area contributed by atoms with Gasteiger partial charge in [0.05, 0.1) is 5.02 Å². The quantitative estimate of drug-likeness (QED) is 0.444. The standard InChI is InChI=1S/C21H16ClFN2O4/c1-2-10-25-20(27)14(19(26)24-21(25)28)11-13-6-3-4-9-18(13)29-12-15-16(22)7-5-8-17(15)23/h2-9,11H,1,10,12H2,(H,24,26,28)/b14-11-. The molecule has 2 aromatic rings. The van der Waals surface area contributed by atoms with E-state index in [0.29, 0.717) is 11.3 Å². The fourth-order valence-electron chi connectivity index (χ4n) is 2.70. The van der Waals surface area contributed by atoms with Crippen LogP contribution >= 0.6 is 11.6 Å². The lowest BCUT2D eigenvalue weighted by Gasteiger charge is -2.25. The Hall–Kier alpha value is -3.45. The lowest BCUT2D eigenvalue weighted by atomic mass is 10.1. The fraction of sp³-hybridized carbons (Fsp3) is 0.0952. The van der Waals surface area contributed by atoms with E-state index in [1.807, 2.05) is 0 Å². The van der Waals surface area contributed by atoms with E-state index in [4.69, 9.17) is 16.3 Å². The Bertz CT molecular complexity index is 1010. The van der Waals surface area contributed by atoms with Gasteiger partial charge in [-0.2, -0.15) is 0 Å². The number of nitrogens with zero attached hydrogens (tertiary/aromatic N) is 1. The number of imide groups is 2. The molecule has 1 saturated heterocycles. The normalized spacial score (nSPS) is 15.4. The maximum Gasteiger partial charge on any atom is 0.331 e. The van der Waals surface area contributed by atoms with Gasteiger partial charge in [0.1, 0.15) is 23.7 Å². The van der Waals surface area contributed by atoms with Gasteiger partial charge in [0, 0.05) is 17.7 Å². The molecule has 0 spiro atoms. The highest BCUT2D eigenvalue weighted by molar-refractivity contribution is 6.31. The predicted molar refractivity (Wildman–Crippen MR) is 106 cm³/mol. The van der Waals surface area contributed by atoms with Gasteiger partial charge in [-0.3, -0.25) is 19.8 Å². The van der Waals surface area contributed by atoms with Crippen molar-refractivity contribution >= 4 is 35.5 Å². The monoisotopic (exact) mass is 414 g/mol. The summed E-state index contributed by atoms with van der Waals surface area (Å²) in [6, 6.07) is 10.1. The number of carbonyl (C=O) groups excluding carboxylic acids is 3. The molecule has 0 aliphatic carbocycles.